The quantitative estimate of drug-likeness (QED) is 0.828. The number of ether oxygens (including phenoxy) is 1. The number of benzene rings is 1. The second-order valence-electron chi connectivity index (χ2n) is 6.38. The van der Waals surface area contributed by atoms with Crippen molar-refractivity contribution in [1.29, 1.82) is 0 Å². The Hall–Kier alpha value is -1.35. The van der Waals surface area contributed by atoms with Crippen molar-refractivity contribution in [3.05, 3.63) is 35.9 Å². The molecule has 1 aromatic rings. The average molecular weight is 289 g/mol. The summed E-state index contributed by atoms with van der Waals surface area (Å²) in [4.78, 5) is 14.1. The maximum absolute atomic E-state index is 12.1. The Morgan fingerprint density at radius 2 is 1.86 bits per heavy atom. The molecular formula is C18H27NO2. The highest BCUT2D eigenvalue weighted by Crippen LogP contribution is 2.33. The Labute approximate surface area is 128 Å². The van der Waals surface area contributed by atoms with Crippen LogP contribution in [0.25, 0.3) is 0 Å². The second-order valence-corrected chi connectivity index (χ2v) is 6.38. The fraction of sp³-hybridized carbons (Fsp3) is 0.611. The molecule has 21 heavy (non-hydrogen) atoms. The third kappa shape index (κ3) is 4.31. The summed E-state index contributed by atoms with van der Waals surface area (Å²) in [5.74, 6) is 1.24. The molecule has 1 heterocycles. The van der Waals surface area contributed by atoms with Crippen LogP contribution in [-0.4, -0.2) is 31.0 Å². The number of likely N-dealkylation sites (tertiary alicyclic amines) is 1. The third-order valence-corrected chi connectivity index (χ3v) is 4.29. The van der Waals surface area contributed by atoms with Crippen molar-refractivity contribution in [3.8, 4) is 0 Å². The normalized spacial score (nSPS) is 18.0. The van der Waals surface area contributed by atoms with Crippen LogP contribution in [0.5, 0.6) is 0 Å². The summed E-state index contributed by atoms with van der Waals surface area (Å²) in [6.45, 7) is 5.92. The highest BCUT2D eigenvalue weighted by molar-refractivity contribution is 5.76. The summed E-state index contributed by atoms with van der Waals surface area (Å²) >= 11 is 0. The van der Waals surface area contributed by atoms with Crippen LogP contribution in [0.3, 0.4) is 0 Å². The maximum Gasteiger partial charge on any atom is 0.222 e. The van der Waals surface area contributed by atoms with E-state index in [2.05, 4.69) is 38.1 Å². The van der Waals surface area contributed by atoms with Gasteiger partial charge in [-0.1, -0.05) is 44.2 Å². The predicted molar refractivity (Wildman–Crippen MR) is 85.0 cm³/mol. The summed E-state index contributed by atoms with van der Waals surface area (Å²) in [6.07, 6.45) is 2.86. The van der Waals surface area contributed by atoms with Crippen molar-refractivity contribution >= 4 is 5.91 Å². The van der Waals surface area contributed by atoms with Crippen molar-refractivity contribution in [1.82, 2.24) is 4.90 Å². The summed E-state index contributed by atoms with van der Waals surface area (Å²) < 4.78 is 5.73. The molecule has 0 spiro atoms. The summed E-state index contributed by atoms with van der Waals surface area (Å²) in [6, 6.07) is 10.4. The Morgan fingerprint density at radius 1 is 1.24 bits per heavy atom. The van der Waals surface area contributed by atoms with Gasteiger partial charge in [-0.3, -0.25) is 4.79 Å². The van der Waals surface area contributed by atoms with Crippen molar-refractivity contribution in [2.24, 2.45) is 11.8 Å². The second kappa shape index (κ2) is 7.60. The number of carbonyl (C=O) groups is 1. The number of hydrogen-bond donors (Lipinski definition) is 0. The van der Waals surface area contributed by atoms with E-state index >= 15 is 0 Å². The lowest BCUT2D eigenvalue weighted by Crippen LogP contribution is -2.40. The first-order valence-corrected chi connectivity index (χ1v) is 7.97. The molecule has 1 aliphatic heterocycles. The molecule has 0 saturated carbocycles. The van der Waals surface area contributed by atoms with Crippen LogP contribution in [0.15, 0.2) is 30.3 Å². The number of nitrogens with zero attached hydrogens (tertiary/aromatic N) is 1. The number of carbonyl (C=O) groups excluding carboxylic acids is 1. The van der Waals surface area contributed by atoms with Crippen LogP contribution < -0.4 is 0 Å². The molecule has 1 unspecified atom stereocenters. The van der Waals surface area contributed by atoms with Crippen LogP contribution >= 0.6 is 0 Å². The van der Waals surface area contributed by atoms with E-state index < -0.39 is 0 Å². The SMILES string of the molecule is COC(c1ccccc1)C1CCN(C(=O)CC(C)C)CC1. The van der Waals surface area contributed by atoms with Crippen LogP contribution in [0.4, 0.5) is 0 Å². The molecule has 3 heteroatoms. The van der Waals surface area contributed by atoms with E-state index in [1.807, 2.05) is 11.0 Å². The molecule has 1 amide bonds. The molecule has 1 aromatic carbocycles. The van der Waals surface area contributed by atoms with Gasteiger partial charge in [0.25, 0.3) is 0 Å². The van der Waals surface area contributed by atoms with E-state index in [1.165, 1.54) is 5.56 Å². The summed E-state index contributed by atoms with van der Waals surface area (Å²) in [5, 5.41) is 0. The zero-order valence-electron chi connectivity index (χ0n) is 13.4. The molecule has 0 bridgehead atoms. The molecule has 2 rings (SSSR count). The van der Waals surface area contributed by atoms with Gasteiger partial charge in [0, 0.05) is 26.6 Å². The maximum atomic E-state index is 12.1. The molecule has 116 valence electrons. The minimum atomic E-state index is 0.147. The minimum absolute atomic E-state index is 0.147. The molecule has 3 nitrogen and oxygen atoms in total. The van der Waals surface area contributed by atoms with Crippen molar-refractivity contribution in [2.45, 2.75) is 39.2 Å². The summed E-state index contributed by atoms with van der Waals surface area (Å²) in [5.41, 5.74) is 1.24. The van der Waals surface area contributed by atoms with Crippen LogP contribution in [0, 0.1) is 11.8 Å². The zero-order chi connectivity index (χ0) is 15.2. The first-order chi connectivity index (χ1) is 10.1. The number of methoxy groups -OCH3 is 1. The van der Waals surface area contributed by atoms with Crippen LogP contribution in [0.2, 0.25) is 0 Å². The largest absolute Gasteiger partial charge is 0.376 e. The van der Waals surface area contributed by atoms with E-state index in [9.17, 15) is 4.79 Å². The molecule has 1 fully saturated rings. The first-order valence-electron chi connectivity index (χ1n) is 7.97. The van der Waals surface area contributed by atoms with Gasteiger partial charge in [-0.05, 0) is 30.2 Å². The van der Waals surface area contributed by atoms with E-state index in [0.717, 1.165) is 25.9 Å². The van der Waals surface area contributed by atoms with Gasteiger partial charge in [0.15, 0.2) is 0 Å². The first kappa shape index (κ1) is 16.0. The molecule has 0 N–H and O–H groups in total. The predicted octanol–water partition coefficient (Wildman–Crippen LogP) is 3.66. The lowest BCUT2D eigenvalue weighted by Gasteiger charge is -2.36. The summed E-state index contributed by atoms with van der Waals surface area (Å²) in [7, 11) is 1.79. The highest BCUT2D eigenvalue weighted by atomic mass is 16.5. The fourth-order valence-electron chi connectivity index (χ4n) is 3.17. The topological polar surface area (TPSA) is 29.5 Å². The highest BCUT2D eigenvalue weighted by Gasteiger charge is 2.29. The van der Waals surface area contributed by atoms with E-state index in [1.54, 1.807) is 7.11 Å². The number of hydrogen-bond acceptors (Lipinski definition) is 2. The minimum Gasteiger partial charge on any atom is -0.376 e. The van der Waals surface area contributed by atoms with Gasteiger partial charge in [-0.25, -0.2) is 0 Å². The number of piperidine rings is 1. The van der Waals surface area contributed by atoms with E-state index in [4.69, 9.17) is 4.74 Å². The van der Waals surface area contributed by atoms with Gasteiger partial charge in [0.2, 0.25) is 5.91 Å². The van der Waals surface area contributed by atoms with E-state index in [-0.39, 0.29) is 6.10 Å². The molecule has 0 radical (unpaired) electrons. The number of amides is 1. The van der Waals surface area contributed by atoms with Crippen molar-refractivity contribution in [2.75, 3.05) is 20.2 Å². The molecule has 0 aromatic heterocycles. The van der Waals surface area contributed by atoms with E-state index in [0.29, 0.717) is 24.2 Å². The number of rotatable bonds is 5. The van der Waals surface area contributed by atoms with Gasteiger partial charge in [0.1, 0.15) is 0 Å². The third-order valence-electron chi connectivity index (χ3n) is 4.29. The molecule has 1 atom stereocenters. The standard InChI is InChI=1S/C18H27NO2/c1-14(2)13-17(20)19-11-9-16(10-12-19)18(21-3)15-7-5-4-6-8-15/h4-8,14,16,18H,9-13H2,1-3H3. The van der Waals surface area contributed by atoms with Gasteiger partial charge in [-0.2, -0.15) is 0 Å². The lowest BCUT2D eigenvalue weighted by molar-refractivity contribution is -0.134. The zero-order valence-corrected chi connectivity index (χ0v) is 13.4. The average Bonchev–Trinajstić information content (AvgIpc) is 2.49. The Bertz CT molecular complexity index is 436. The van der Waals surface area contributed by atoms with Gasteiger partial charge in [-0.15, -0.1) is 0 Å². The van der Waals surface area contributed by atoms with Gasteiger partial charge >= 0.3 is 0 Å². The van der Waals surface area contributed by atoms with Gasteiger partial charge in [0.05, 0.1) is 6.10 Å². The van der Waals surface area contributed by atoms with Crippen LogP contribution in [-0.2, 0) is 9.53 Å². The molecular weight excluding hydrogens is 262 g/mol. The monoisotopic (exact) mass is 289 g/mol. The molecule has 1 saturated heterocycles. The van der Waals surface area contributed by atoms with Crippen LogP contribution in [0.1, 0.15) is 44.8 Å². The Morgan fingerprint density at radius 3 is 2.38 bits per heavy atom. The molecule has 0 aliphatic carbocycles. The Balaban J connectivity index is 1.92. The fourth-order valence-corrected chi connectivity index (χ4v) is 3.17. The Kier molecular flexibility index (Phi) is 5.80. The smallest absolute Gasteiger partial charge is 0.222 e. The van der Waals surface area contributed by atoms with Gasteiger partial charge < -0.3 is 9.64 Å². The molecule has 1 aliphatic rings. The van der Waals surface area contributed by atoms with Crippen molar-refractivity contribution in [3.63, 3.8) is 0 Å². The lowest BCUT2D eigenvalue weighted by atomic mass is 9.87. The van der Waals surface area contributed by atoms with Crippen molar-refractivity contribution < 1.29 is 9.53 Å².